The van der Waals surface area contributed by atoms with Crippen molar-refractivity contribution in [1.29, 1.82) is 0 Å². The topological polar surface area (TPSA) is 38.8 Å². The Labute approximate surface area is 110 Å². The molecule has 0 spiro atoms. The maximum Gasteiger partial charge on any atom is 0.410 e. The third kappa shape index (κ3) is 5.54. The molecule has 0 saturated carbocycles. The van der Waals surface area contributed by atoms with Crippen LogP contribution in [-0.2, 0) is 9.47 Å². The minimum absolute atomic E-state index is 0.0954. The molecule has 18 heavy (non-hydrogen) atoms. The molecular weight excluding hydrogens is 230 g/mol. The summed E-state index contributed by atoms with van der Waals surface area (Å²) in [5.41, 5.74) is -0.444. The van der Waals surface area contributed by atoms with Gasteiger partial charge in [-0.25, -0.2) is 4.79 Å². The van der Waals surface area contributed by atoms with Crippen LogP contribution in [0.15, 0.2) is 12.7 Å². The number of hydrogen-bond donors (Lipinski definition) is 0. The zero-order valence-corrected chi connectivity index (χ0v) is 11.8. The molecule has 1 atom stereocenters. The summed E-state index contributed by atoms with van der Waals surface area (Å²) in [5.74, 6) is 0. The molecule has 0 aromatic heterocycles. The van der Waals surface area contributed by atoms with E-state index in [-0.39, 0.29) is 12.2 Å². The highest BCUT2D eigenvalue weighted by atomic mass is 16.6. The molecule has 0 radical (unpaired) electrons. The summed E-state index contributed by atoms with van der Waals surface area (Å²) in [4.78, 5) is 13.8. The van der Waals surface area contributed by atoms with Crippen molar-refractivity contribution in [2.75, 3.05) is 19.7 Å². The number of ether oxygens (including phenoxy) is 2. The van der Waals surface area contributed by atoms with Gasteiger partial charge in [0.25, 0.3) is 0 Å². The summed E-state index contributed by atoms with van der Waals surface area (Å²) in [6, 6.07) is 0. The molecule has 4 nitrogen and oxygen atoms in total. The molecule has 0 aromatic rings. The van der Waals surface area contributed by atoms with Gasteiger partial charge in [-0.05, 0) is 40.0 Å². The fourth-order valence-corrected chi connectivity index (χ4v) is 1.94. The first-order valence-electron chi connectivity index (χ1n) is 6.63. The molecule has 0 bridgehead atoms. The van der Waals surface area contributed by atoms with Crippen molar-refractivity contribution in [2.24, 2.45) is 0 Å². The number of carbonyl (C=O) groups is 1. The largest absolute Gasteiger partial charge is 0.444 e. The van der Waals surface area contributed by atoms with Crippen molar-refractivity contribution in [1.82, 2.24) is 4.90 Å². The van der Waals surface area contributed by atoms with Crippen LogP contribution in [0.5, 0.6) is 0 Å². The molecule has 1 aliphatic rings. The molecular formula is C14H25NO3. The van der Waals surface area contributed by atoms with E-state index in [9.17, 15) is 4.79 Å². The molecule has 104 valence electrons. The summed E-state index contributed by atoms with van der Waals surface area (Å²) in [5, 5.41) is 0. The van der Waals surface area contributed by atoms with E-state index in [1.807, 2.05) is 20.8 Å². The van der Waals surface area contributed by atoms with Gasteiger partial charge in [-0.1, -0.05) is 6.08 Å². The number of amides is 1. The summed E-state index contributed by atoms with van der Waals surface area (Å²) in [7, 11) is 0. The molecule has 0 N–H and O–H groups in total. The Kier molecular flexibility index (Phi) is 5.66. The minimum Gasteiger partial charge on any atom is -0.444 e. The molecule has 4 heteroatoms. The van der Waals surface area contributed by atoms with Crippen LogP contribution in [0.25, 0.3) is 0 Å². The van der Waals surface area contributed by atoms with Crippen LogP contribution in [0.3, 0.4) is 0 Å². The quantitative estimate of drug-likeness (QED) is 0.728. The van der Waals surface area contributed by atoms with Crippen LogP contribution >= 0.6 is 0 Å². The van der Waals surface area contributed by atoms with Gasteiger partial charge in [0.15, 0.2) is 0 Å². The van der Waals surface area contributed by atoms with E-state index >= 15 is 0 Å². The lowest BCUT2D eigenvalue weighted by Gasteiger charge is -2.28. The summed E-state index contributed by atoms with van der Waals surface area (Å²) in [6.45, 7) is 11.2. The standard InChI is InChI=1S/C14H25NO3/c1-5-10-17-12-8-6-7-9-15(11-12)13(16)18-14(2,3)4/h5,12H,1,6-11H2,2-4H3. The van der Waals surface area contributed by atoms with Gasteiger partial charge in [0.2, 0.25) is 0 Å². The molecule has 1 amide bonds. The number of carbonyl (C=O) groups excluding carboxylic acids is 1. The average Bonchev–Trinajstić information content (AvgIpc) is 2.49. The predicted octanol–water partition coefficient (Wildman–Crippen LogP) is 2.98. The van der Waals surface area contributed by atoms with Gasteiger partial charge in [0.1, 0.15) is 5.60 Å². The van der Waals surface area contributed by atoms with E-state index in [1.54, 1.807) is 11.0 Å². The van der Waals surface area contributed by atoms with E-state index in [4.69, 9.17) is 9.47 Å². The first-order valence-corrected chi connectivity index (χ1v) is 6.63. The average molecular weight is 255 g/mol. The van der Waals surface area contributed by atoms with E-state index in [0.29, 0.717) is 13.2 Å². The molecule has 1 unspecified atom stereocenters. The number of rotatable bonds is 3. The van der Waals surface area contributed by atoms with Gasteiger partial charge < -0.3 is 14.4 Å². The molecule has 0 aliphatic carbocycles. The Morgan fingerprint density at radius 2 is 2.17 bits per heavy atom. The lowest BCUT2D eigenvalue weighted by atomic mass is 10.2. The first-order chi connectivity index (χ1) is 8.42. The smallest absolute Gasteiger partial charge is 0.410 e. The summed E-state index contributed by atoms with van der Waals surface area (Å²) < 4.78 is 11.1. The van der Waals surface area contributed by atoms with Crippen LogP contribution in [0.2, 0.25) is 0 Å². The molecule has 1 rings (SSSR count). The van der Waals surface area contributed by atoms with E-state index in [0.717, 1.165) is 25.8 Å². The second kappa shape index (κ2) is 6.78. The fraction of sp³-hybridized carbons (Fsp3) is 0.786. The van der Waals surface area contributed by atoms with Gasteiger partial charge in [0.05, 0.1) is 19.3 Å². The minimum atomic E-state index is -0.444. The van der Waals surface area contributed by atoms with Gasteiger partial charge in [0, 0.05) is 6.54 Å². The molecule has 0 aromatic carbocycles. The number of hydrogen-bond acceptors (Lipinski definition) is 3. The van der Waals surface area contributed by atoms with Crippen LogP contribution in [0.1, 0.15) is 40.0 Å². The Balaban J connectivity index is 2.52. The second-order valence-corrected chi connectivity index (χ2v) is 5.67. The van der Waals surface area contributed by atoms with Crippen molar-refractivity contribution >= 4 is 6.09 Å². The van der Waals surface area contributed by atoms with Crippen molar-refractivity contribution in [3.8, 4) is 0 Å². The maximum atomic E-state index is 12.0. The van der Waals surface area contributed by atoms with E-state index in [1.165, 1.54) is 0 Å². The van der Waals surface area contributed by atoms with Crippen molar-refractivity contribution < 1.29 is 14.3 Å². The zero-order valence-electron chi connectivity index (χ0n) is 11.8. The Hall–Kier alpha value is -1.03. The van der Waals surface area contributed by atoms with Crippen LogP contribution in [-0.4, -0.2) is 42.4 Å². The third-order valence-electron chi connectivity index (χ3n) is 2.73. The second-order valence-electron chi connectivity index (χ2n) is 5.67. The Morgan fingerprint density at radius 1 is 1.44 bits per heavy atom. The van der Waals surface area contributed by atoms with Crippen LogP contribution in [0, 0.1) is 0 Å². The normalized spacial score (nSPS) is 21.3. The van der Waals surface area contributed by atoms with Gasteiger partial charge in [-0.2, -0.15) is 0 Å². The fourth-order valence-electron chi connectivity index (χ4n) is 1.94. The lowest BCUT2D eigenvalue weighted by Crippen LogP contribution is -2.40. The molecule has 1 aliphatic heterocycles. The molecule has 1 heterocycles. The third-order valence-corrected chi connectivity index (χ3v) is 2.73. The van der Waals surface area contributed by atoms with Crippen molar-refractivity contribution in [3.63, 3.8) is 0 Å². The Bertz CT molecular complexity index is 283. The number of nitrogens with zero attached hydrogens (tertiary/aromatic N) is 1. The highest BCUT2D eigenvalue weighted by Crippen LogP contribution is 2.17. The zero-order chi connectivity index (χ0) is 13.6. The van der Waals surface area contributed by atoms with Gasteiger partial charge in [-0.15, -0.1) is 6.58 Å². The van der Waals surface area contributed by atoms with E-state index < -0.39 is 5.60 Å². The molecule has 1 saturated heterocycles. The van der Waals surface area contributed by atoms with E-state index in [2.05, 4.69) is 6.58 Å². The van der Waals surface area contributed by atoms with Gasteiger partial charge in [-0.3, -0.25) is 0 Å². The van der Waals surface area contributed by atoms with Crippen molar-refractivity contribution in [3.05, 3.63) is 12.7 Å². The summed E-state index contributed by atoms with van der Waals surface area (Å²) >= 11 is 0. The van der Waals surface area contributed by atoms with Crippen molar-refractivity contribution in [2.45, 2.75) is 51.7 Å². The summed E-state index contributed by atoms with van der Waals surface area (Å²) in [6.07, 6.45) is 4.68. The predicted molar refractivity (Wildman–Crippen MR) is 71.6 cm³/mol. The lowest BCUT2D eigenvalue weighted by molar-refractivity contribution is 0.00668. The van der Waals surface area contributed by atoms with Crippen LogP contribution in [0.4, 0.5) is 4.79 Å². The molecule has 1 fully saturated rings. The van der Waals surface area contributed by atoms with Gasteiger partial charge >= 0.3 is 6.09 Å². The highest BCUT2D eigenvalue weighted by Gasteiger charge is 2.26. The van der Waals surface area contributed by atoms with Crippen LogP contribution < -0.4 is 0 Å². The SMILES string of the molecule is C=CCOC1CCCCN(C(=O)OC(C)(C)C)C1. The maximum absolute atomic E-state index is 12.0. The Morgan fingerprint density at radius 3 is 2.78 bits per heavy atom. The monoisotopic (exact) mass is 255 g/mol. The highest BCUT2D eigenvalue weighted by molar-refractivity contribution is 5.68. The first kappa shape index (κ1) is 15.0. The number of likely N-dealkylation sites (tertiary alicyclic amines) is 1.